The normalized spacial score (nSPS) is 10.7. The molecule has 0 aliphatic heterocycles. The summed E-state index contributed by atoms with van der Waals surface area (Å²) in [7, 11) is 0. The lowest BCUT2D eigenvalue weighted by atomic mass is 10.1. The SMILES string of the molecule is Nc1cc(N)cc(CCOCCc2cc(N)cc(N)c2)c1. The van der Waals surface area contributed by atoms with Gasteiger partial charge in [-0.1, -0.05) is 0 Å². The van der Waals surface area contributed by atoms with E-state index in [4.69, 9.17) is 27.7 Å². The minimum Gasteiger partial charge on any atom is -0.399 e. The van der Waals surface area contributed by atoms with Crippen molar-refractivity contribution in [1.82, 2.24) is 0 Å². The van der Waals surface area contributed by atoms with Crippen LogP contribution in [-0.4, -0.2) is 13.2 Å². The molecule has 0 aromatic heterocycles. The van der Waals surface area contributed by atoms with Crippen LogP contribution in [0.3, 0.4) is 0 Å². The van der Waals surface area contributed by atoms with E-state index in [0.717, 1.165) is 24.0 Å². The Hall–Kier alpha value is -2.40. The zero-order valence-electron chi connectivity index (χ0n) is 12.0. The van der Waals surface area contributed by atoms with Gasteiger partial charge in [0, 0.05) is 22.7 Å². The molecule has 21 heavy (non-hydrogen) atoms. The lowest BCUT2D eigenvalue weighted by Gasteiger charge is -2.07. The average Bonchev–Trinajstić information content (AvgIpc) is 2.36. The molecule has 0 spiro atoms. The Labute approximate surface area is 124 Å². The largest absolute Gasteiger partial charge is 0.399 e. The molecule has 112 valence electrons. The van der Waals surface area contributed by atoms with Crippen molar-refractivity contribution in [3.63, 3.8) is 0 Å². The van der Waals surface area contributed by atoms with Gasteiger partial charge < -0.3 is 27.7 Å². The molecule has 0 radical (unpaired) electrons. The van der Waals surface area contributed by atoms with Crippen molar-refractivity contribution in [1.29, 1.82) is 0 Å². The van der Waals surface area contributed by atoms with Crippen LogP contribution in [0.5, 0.6) is 0 Å². The standard InChI is InChI=1S/C16H22N4O/c17-13-5-11(6-14(18)9-13)1-3-21-4-2-12-7-15(19)10-16(20)8-12/h5-10H,1-4,17-20H2. The minimum absolute atomic E-state index is 0.626. The molecule has 0 amide bonds. The van der Waals surface area contributed by atoms with E-state index in [1.54, 1.807) is 12.1 Å². The van der Waals surface area contributed by atoms with Crippen LogP contribution in [-0.2, 0) is 17.6 Å². The molecule has 0 aliphatic rings. The second-order valence-electron chi connectivity index (χ2n) is 5.13. The number of nitrogens with two attached hydrogens (primary N) is 4. The van der Waals surface area contributed by atoms with Crippen molar-refractivity contribution in [2.45, 2.75) is 12.8 Å². The summed E-state index contributed by atoms with van der Waals surface area (Å²) in [6.45, 7) is 1.25. The topological polar surface area (TPSA) is 113 Å². The first kappa shape index (κ1) is 15.0. The quantitative estimate of drug-likeness (QED) is 0.478. The Balaban J connectivity index is 1.74. The fraction of sp³-hybridized carbons (Fsp3) is 0.250. The summed E-state index contributed by atoms with van der Waals surface area (Å²) in [5, 5.41) is 0. The van der Waals surface area contributed by atoms with Crippen LogP contribution in [0.25, 0.3) is 0 Å². The Bertz CT molecular complexity index is 519. The van der Waals surface area contributed by atoms with Gasteiger partial charge in [-0.15, -0.1) is 0 Å². The molecule has 0 saturated carbocycles. The third kappa shape index (κ3) is 4.89. The van der Waals surface area contributed by atoms with Crippen LogP contribution < -0.4 is 22.9 Å². The van der Waals surface area contributed by atoms with Crippen LogP contribution in [0, 0.1) is 0 Å². The van der Waals surface area contributed by atoms with Crippen LogP contribution in [0.1, 0.15) is 11.1 Å². The fourth-order valence-corrected chi connectivity index (χ4v) is 2.26. The highest BCUT2D eigenvalue weighted by Crippen LogP contribution is 2.15. The van der Waals surface area contributed by atoms with E-state index in [0.29, 0.717) is 36.0 Å². The Morgan fingerprint density at radius 3 is 1.24 bits per heavy atom. The molecule has 2 aromatic rings. The number of hydrogen-bond donors (Lipinski definition) is 4. The smallest absolute Gasteiger partial charge is 0.0506 e. The first-order valence-electron chi connectivity index (χ1n) is 6.90. The number of hydrogen-bond acceptors (Lipinski definition) is 5. The van der Waals surface area contributed by atoms with Gasteiger partial charge in [0.25, 0.3) is 0 Å². The van der Waals surface area contributed by atoms with Crippen molar-refractivity contribution in [3.8, 4) is 0 Å². The summed E-state index contributed by atoms with van der Waals surface area (Å²) >= 11 is 0. The Morgan fingerprint density at radius 1 is 0.571 bits per heavy atom. The highest BCUT2D eigenvalue weighted by molar-refractivity contribution is 5.55. The molecular formula is C16H22N4O. The highest BCUT2D eigenvalue weighted by Gasteiger charge is 2.00. The first-order valence-corrected chi connectivity index (χ1v) is 6.90. The molecule has 2 aromatic carbocycles. The van der Waals surface area contributed by atoms with Gasteiger partial charge in [-0.3, -0.25) is 0 Å². The predicted octanol–water partition coefficient (Wildman–Crippen LogP) is 1.82. The van der Waals surface area contributed by atoms with Gasteiger partial charge in [0.05, 0.1) is 13.2 Å². The Kier molecular flexibility index (Phi) is 4.90. The summed E-state index contributed by atoms with van der Waals surface area (Å²) in [4.78, 5) is 0. The zero-order chi connectivity index (χ0) is 15.2. The third-order valence-corrected chi connectivity index (χ3v) is 3.15. The molecule has 8 N–H and O–H groups in total. The maximum absolute atomic E-state index is 5.75. The number of benzene rings is 2. The van der Waals surface area contributed by atoms with Crippen molar-refractivity contribution >= 4 is 22.7 Å². The van der Waals surface area contributed by atoms with Crippen LogP contribution in [0.4, 0.5) is 22.7 Å². The Morgan fingerprint density at radius 2 is 0.905 bits per heavy atom. The van der Waals surface area contributed by atoms with E-state index in [2.05, 4.69) is 0 Å². The minimum atomic E-state index is 0.626. The van der Waals surface area contributed by atoms with Gasteiger partial charge in [-0.25, -0.2) is 0 Å². The van der Waals surface area contributed by atoms with E-state index in [-0.39, 0.29) is 0 Å². The van der Waals surface area contributed by atoms with Gasteiger partial charge in [0.2, 0.25) is 0 Å². The molecule has 2 rings (SSSR count). The second-order valence-corrected chi connectivity index (χ2v) is 5.13. The molecule has 0 saturated heterocycles. The van der Waals surface area contributed by atoms with Crippen LogP contribution >= 0.6 is 0 Å². The lowest BCUT2D eigenvalue weighted by molar-refractivity contribution is 0.140. The van der Waals surface area contributed by atoms with Crippen molar-refractivity contribution in [2.24, 2.45) is 0 Å². The predicted molar refractivity (Wildman–Crippen MR) is 88.8 cm³/mol. The monoisotopic (exact) mass is 286 g/mol. The summed E-state index contributed by atoms with van der Waals surface area (Å²) in [6.07, 6.45) is 1.57. The maximum Gasteiger partial charge on any atom is 0.0506 e. The van der Waals surface area contributed by atoms with Crippen LogP contribution in [0.15, 0.2) is 36.4 Å². The molecule has 0 unspecified atom stereocenters. The van der Waals surface area contributed by atoms with Gasteiger partial charge in [0.15, 0.2) is 0 Å². The van der Waals surface area contributed by atoms with E-state index >= 15 is 0 Å². The summed E-state index contributed by atoms with van der Waals surface area (Å²) < 4.78 is 5.64. The number of ether oxygens (including phenoxy) is 1. The highest BCUT2D eigenvalue weighted by atomic mass is 16.5. The van der Waals surface area contributed by atoms with E-state index < -0.39 is 0 Å². The second kappa shape index (κ2) is 6.85. The third-order valence-electron chi connectivity index (χ3n) is 3.15. The van der Waals surface area contributed by atoms with Crippen LogP contribution in [0.2, 0.25) is 0 Å². The molecular weight excluding hydrogens is 264 g/mol. The number of nitrogen functional groups attached to an aromatic ring is 4. The molecule has 5 nitrogen and oxygen atoms in total. The van der Waals surface area contributed by atoms with Gasteiger partial charge in [0.1, 0.15) is 0 Å². The van der Waals surface area contributed by atoms with Crippen molar-refractivity contribution < 1.29 is 4.74 Å². The average molecular weight is 286 g/mol. The summed E-state index contributed by atoms with van der Waals surface area (Å²) in [6, 6.07) is 11.1. The first-order chi connectivity index (χ1) is 10.0. The van der Waals surface area contributed by atoms with Crippen molar-refractivity contribution in [2.75, 3.05) is 36.1 Å². The zero-order valence-corrected chi connectivity index (χ0v) is 12.0. The number of rotatable bonds is 6. The summed E-state index contributed by atoms with van der Waals surface area (Å²) in [5.41, 5.74) is 27.9. The fourth-order valence-electron chi connectivity index (χ4n) is 2.26. The maximum atomic E-state index is 5.75. The molecule has 5 heteroatoms. The molecule has 0 atom stereocenters. The van der Waals surface area contributed by atoms with Gasteiger partial charge >= 0.3 is 0 Å². The molecule has 0 bridgehead atoms. The van der Waals surface area contributed by atoms with E-state index in [1.807, 2.05) is 24.3 Å². The molecule has 0 fully saturated rings. The molecule has 0 aliphatic carbocycles. The number of anilines is 4. The summed E-state index contributed by atoms with van der Waals surface area (Å²) in [5.74, 6) is 0. The van der Waals surface area contributed by atoms with Crippen molar-refractivity contribution in [3.05, 3.63) is 47.5 Å². The van der Waals surface area contributed by atoms with Gasteiger partial charge in [-0.05, 0) is 60.4 Å². The van der Waals surface area contributed by atoms with E-state index in [9.17, 15) is 0 Å². The van der Waals surface area contributed by atoms with Gasteiger partial charge in [-0.2, -0.15) is 0 Å². The lowest BCUT2D eigenvalue weighted by Crippen LogP contribution is -2.04. The van der Waals surface area contributed by atoms with E-state index in [1.165, 1.54) is 0 Å². The molecule has 0 heterocycles.